The number of carboxylic acid groups (broad SMARTS) is 1. The molecule has 3 rings (SSSR count). The van der Waals surface area contributed by atoms with Crippen molar-refractivity contribution in [1.82, 2.24) is 9.80 Å². The van der Waals surface area contributed by atoms with Crippen LogP contribution in [-0.4, -0.2) is 114 Å². The van der Waals surface area contributed by atoms with Gasteiger partial charge in [-0.2, -0.15) is 54.0 Å². The van der Waals surface area contributed by atoms with Gasteiger partial charge in [0.15, 0.2) is 5.78 Å². The van der Waals surface area contributed by atoms with E-state index >= 15 is 0 Å². The number of carbonyl (C=O) groups excluding carboxylic acids is 5. The molecule has 2 amide bonds. The summed E-state index contributed by atoms with van der Waals surface area (Å²) in [6, 6.07) is -1.67. The molecule has 14 nitrogen and oxygen atoms in total. The summed E-state index contributed by atoms with van der Waals surface area (Å²) in [7, 11) is 0. The van der Waals surface area contributed by atoms with Gasteiger partial charge in [-0.15, -0.1) is 0 Å². The fourth-order valence-electron chi connectivity index (χ4n) is 4.71. The van der Waals surface area contributed by atoms with Gasteiger partial charge in [-0.1, -0.05) is 7.43 Å². The molecule has 0 aromatic rings. The van der Waals surface area contributed by atoms with Crippen molar-refractivity contribution in [1.29, 1.82) is 0 Å². The average Bonchev–Trinajstić information content (AvgIpc) is 3.69. The maximum absolute atomic E-state index is 12.1. The van der Waals surface area contributed by atoms with Crippen molar-refractivity contribution in [2.24, 2.45) is 11.8 Å². The molecule has 4 atom stereocenters. The SMILES string of the molecule is C.C1CCOC1.CCOC(=O)[C@H]1C[C@@H](C(=O)O)N(C(=O)OC(C)(C)C)C1.CCOC(=O)[C@H]1C[C@@H](C(C)=O)N(C(=O)OC(C)(C)C)C1.S.S.S.S. The summed E-state index contributed by atoms with van der Waals surface area (Å²) < 4.78 is 25.2. The van der Waals surface area contributed by atoms with Crippen LogP contribution < -0.4 is 0 Å². The van der Waals surface area contributed by atoms with Crippen LogP contribution in [0.1, 0.15) is 95.4 Å². The fourth-order valence-corrected chi connectivity index (χ4v) is 4.71. The van der Waals surface area contributed by atoms with Crippen molar-refractivity contribution < 1.29 is 57.6 Å². The standard InChI is InChI=1S/C14H23NO5.C13H21NO6.C4H8O.CH4.4H2S/c1-6-19-12(17)10-7-11(9(2)16)15(8-10)13(18)20-14(3,4)5;1-5-19-11(17)8-6-9(10(15)16)14(7-8)12(18)20-13(2,3)4;1-2-4-5-3-1;;;;;/h10-11H,6-8H2,1-5H3;8-9H,5-7H2,1-4H3,(H,15,16);1-4H2;1H4;4*1H2/t10-,11-;8-,9-;;;;;;/m00....../s1. The summed E-state index contributed by atoms with van der Waals surface area (Å²) in [5.74, 6) is -3.24. The molecular weight excluding hydrogens is 733 g/mol. The number of hydrogen-bond donors (Lipinski definition) is 1. The Hall–Kier alpha value is -2.02. The van der Waals surface area contributed by atoms with Crippen molar-refractivity contribution in [2.45, 2.75) is 119 Å². The van der Waals surface area contributed by atoms with Gasteiger partial charge >= 0.3 is 30.1 Å². The van der Waals surface area contributed by atoms with Gasteiger partial charge < -0.3 is 28.8 Å². The Morgan fingerprint density at radius 1 is 0.680 bits per heavy atom. The number of carbonyl (C=O) groups is 6. The first kappa shape index (κ1) is 57.3. The van der Waals surface area contributed by atoms with Gasteiger partial charge in [-0.05, 0) is 88.0 Å². The minimum atomic E-state index is -1.15. The second-order valence-corrected chi connectivity index (χ2v) is 12.9. The zero-order valence-electron chi connectivity index (χ0n) is 30.2. The Labute approximate surface area is 326 Å². The third-order valence-corrected chi connectivity index (χ3v) is 6.68. The summed E-state index contributed by atoms with van der Waals surface area (Å²) in [5.41, 5.74) is -1.36. The largest absolute Gasteiger partial charge is 0.480 e. The van der Waals surface area contributed by atoms with Crippen molar-refractivity contribution in [3.8, 4) is 0 Å². The molecule has 3 aliphatic heterocycles. The van der Waals surface area contributed by atoms with Gasteiger partial charge in [0.25, 0.3) is 0 Å². The first-order valence-electron chi connectivity index (χ1n) is 15.4. The highest BCUT2D eigenvalue weighted by Gasteiger charge is 2.45. The predicted molar refractivity (Wildman–Crippen MR) is 210 cm³/mol. The van der Waals surface area contributed by atoms with Gasteiger partial charge in [0.05, 0.1) is 31.1 Å². The number of ether oxygens (including phenoxy) is 5. The molecule has 3 aliphatic rings. The number of nitrogens with zero attached hydrogens (tertiary/aromatic N) is 2. The number of rotatable bonds is 6. The smallest absolute Gasteiger partial charge is 0.411 e. The van der Waals surface area contributed by atoms with Crippen molar-refractivity contribution in [2.75, 3.05) is 39.5 Å². The lowest BCUT2D eigenvalue weighted by atomic mass is 10.0. The van der Waals surface area contributed by atoms with E-state index in [1.807, 2.05) is 0 Å². The molecule has 0 aromatic carbocycles. The summed E-state index contributed by atoms with van der Waals surface area (Å²) in [4.78, 5) is 72.8. The van der Waals surface area contributed by atoms with E-state index in [1.54, 1.807) is 55.4 Å². The van der Waals surface area contributed by atoms with E-state index < -0.39 is 59.2 Å². The molecule has 0 unspecified atom stereocenters. The molecule has 0 saturated carbocycles. The molecule has 298 valence electrons. The molecule has 0 radical (unpaired) electrons. The van der Waals surface area contributed by atoms with E-state index in [0.29, 0.717) is 6.42 Å². The van der Waals surface area contributed by atoms with Crippen LogP contribution in [0.2, 0.25) is 0 Å². The van der Waals surface area contributed by atoms with Crippen LogP contribution in [0.5, 0.6) is 0 Å². The van der Waals surface area contributed by atoms with Gasteiger partial charge in [-0.3, -0.25) is 24.2 Å². The van der Waals surface area contributed by atoms with Crippen LogP contribution in [0.4, 0.5) is 9.59 Å². The molecule has 0 aromatic heterocycles. The molecule has 50 heavy (non-hydrogen) atoms. The zero-order valence-corrected chi connectivity index (χ0v) is 34.2. The zero-order chi connectivity index (χ0) is 34.5. The van der Waals surface area contributed by atoms with E-state index in [1.165, 1.54) is 24.7 Å². The second kappa shape index (κ2) is 26.7. The fraction of sp³-hybridized carbons (Fsp3) is 0.812. The number of carboxylic acids is 1. The quantitative estimate of drug-likeness (QED) is 0.285. The first-order valence-corrected chi connectivity index (χ1v) is 15.4. The van der Waals surface area contributed by atoms with Gasteiger partial charge in [-0.25, -0.2) is 14.4 Å². The Kier molecular flexibility index (Phi) is 30.6. The maximum atomic E-state index is 12.1. The Balaban J connectivity index is -0.000000217. The Morgan fingerprint density at radius 3 is 1.28 bits per heavy atom. The minimum Gasteiger partial charge on any atom is -0.480 e. The molecule has 0 bridgehead atoms. The van der Waals surface area contributed by atoms with Crippen LogP contribution in [0.25, 0.3) is 0 Å². The molecule has 3 saturated heterocycles. The van der Waals surface area contributed by atoms with E-state index in [2.05, 4.69) is 0 Å². The topological polar surface area (TPSA) is 175 Å². The number of ketones is 1. The van der Waals surface area contributed by atoms with Crippen molar-refractivity contribution in [3.63, 3.8) is 0 Å². The van der Waals surface area contributed by atoms with Gasteiger partial charge in [0, 0.05) is 26.3 Å². The summed E-state index contributed by atoms with van der Waals surface area (Å²) in [6.45, 7) is 17.8. The minimum absolute atomic E-state index is 0. The average molecular weight is 797 g/mol. The molecule has 18 heteroatoms. The van der Waals surface area contributed by atoms with Crippen LogP contribution in [0, 0.1) is 11.8 Å². The number of hydrogen-bond acceptors (Lipinski definition) is 11. The molecule has 1 N–H and O–H groups in total. The lowest BCUT2D eigenvalue weighted by Gasteiger charge is -2.27. The maximum Gasteiger partial charge on any atom is 0.411 e. The number of Topliss-reactive ketones (excluding diaryl/α,β-unsaturated/α-hetero) is 1. The lowest BCUT2D eigenvalue weighted by molar-refractivity contribution is -0.148. The Morgan fingerprint density at radius 2 is 1.02 bits per heavy atom. The highest BCUT2D eigenvalue weighted by Crippen LogP contribution is 2.28. The highest BCUT2D eigenvalue weighted by molar-refractivity contribution is 7.59. The van der Waals surface area contributed by atoms with E-state index in [-0.39, 0.29) is 106 Å². The summed E-state index contributed by atoms with van der Waals surface area (Å²) in [5, 5.41) is 9.16. The van der Waals surface area contributed by atoms with Crippen LogP contribution in [-0.2, 0) is 42.9 Å². The molecule has 0 aliphatic carbocycles. The van der Waals surface area contributed by atoms with Crippen LogP contribution in [0.3, 0.4) is 0 Å². The summed E-state index contributed by atoms with van der Waals surface area (Å²) in [6.07, 6.45) is 1.61. The molecular formula is C32H64N2O12S4. The van der Waals surface area contributed by atoms with E-state index in [9.17, 15) is 28.8 Å². The monoisotopic (exact) mass is 796 g/mol. The Bertz CT molecular complexity index is 966. The molecule has 0 spiro atoms. The molecule has 3 heterocycles. The van der Waals surface area contributed by atoms with E-state index in [0.717, 1.165) is 18.1 Å². The van der Waals surface area contributed by atoms with Crippen LogP contribution >= 0.6 is 54.0 Å². The highest BCUT2D eigenvalue weighted by atomic mass is 32.1. The normalized spacial score (nSPS) is 20.4. The van der Waals surface area contributed by atoms with Crippen molar-refractivity contribution in [3.05, 3.63) is 0 Å². The summed E-state index contributed by atoms with van der Waals surface area (Å²) >= 11 is 0. The van der Waals surface area contributed by atoms with Crippen LogP contribution in [0.15, 0.2) is 0 Å². The first-order chi connectivity index (χ1) is 20.8. The number of likely N-dealkylation sites (tertiary alicyclic amines) is 2. The molecule has 3 fully saturated rings. The lowest BCUT2D eigenvalue weighted by Crippen LogP contribution is -2.43. The second-order valence-electron chi connectivity index (χ2n) is 12.9. The third kappa shape index (κ3) is 20.7. The van der Waals surface area contributed by atoms with Gasteiger partial charge in [0.1, 0.15) is 17.2 Å². The third-order valence-electron chi connectivity index (χ3n) is 6.68. The van der Waals surface area contributed by atoms with Crippen molar-refractivity contribution >= 4 is 89.9 Å². The number of amides is 2. The predicted octanol–water partition coefficient (Wildman–Crippen LogP) is 4.91. The van der Waals surface area contributed by atoms with Gasteiger partial charge in [0.2, 0.25) is 0 Å². The van der Waals surface area contributed by atoms with E-state index in [4.69, 9.17) is 28.8 Å². The number of aliphatic carboxylic acids is 1. The number of esters is 2.